The minimum atomic E-state index is -1.46. The van der Waals surface area contributed by atoms with Crippen LogP contribution in [-0.4, -0.2) is 105 Å². The fourth-order valence-electron chi connectivity index (χ4n) is 7.35. The molecule has 0 spiro atoms. The molecule has 2 aromatic rings. The van der Waals surface area contributed by atoms with Crippen molar-refractivity contribution in [3.63, 3.8) is 0 Å². The first-order chi connectivity index (χ1) is 31.0. The molecular weight excluding hydrogens is 840 g/mol. The standard InChI is InChI=1S/C48H63FN6O10/c1-7-64-35-26-33(25-34(49)28-35)27-38-47(62)55-24-14-16-37(54-55)48(63)65-40(30(4)15-13-20-42(58)52-41-19-11-12-23-50-41)18-10-8-9-17-39(57)32(6)44(59)36(22-21-31(5)56)45(60)53-43(29(2)3)46(61)51-38/h8-13,15,17,19-20,23,25-26,28-29,32,36-40,43-44,54,57,59H,7,14,16,18,21-22,24,27H2,1-6H3,(H,51,61)(H,53,60)(H,50,52,58)/b10-8+,17-9+,20-13+,30-15+/t32-,36+,37?,38-,39-,40-,43-,44+/m0/s1. The highest BCUT2D eigenvalue weighted by Gasteiger charge is 2.38. The minimum Gasteiger partial charge on any atom is -0.494 e. The summed E-state index contributed by atoms with van der Waals surface area (Å²) in [5, 5.41) is 32.0. The number of fused-ring (bicyclic) bond motifs is 2. The van der Waals surface area contributed by atoms with Crippen molar-refractivity contribution >= 4 is 41.2 Å². The number of nitrogens with one attached hydrogen (secondary N) is 4. The van der Waals surface area contributed by atoms with Crippen LogP contribution in [0.1, 0.15) is 79.2 Å². The number of halogens is 1. The fourth-order valence-corrected chi connectivity index (χ4v) is 7.35. The number of aliphatic hydroxyl groups excluding tert-OH is 2. The van der Waals surface area contributed by atoms with Crippen molar-refractivity contribution in [1.29, 1.82) is 0 Å². The van der Waals surface area contributed by atoms with E-state index in [9.17, 15) is 43.4 Å². The Bertz CT molecular complexity index is 2090. The van der Waals surface area contributed by atoms with E-state index >= 15 is 0 Å². The highest BCUT2D eigenvalue weighted by Crippen LogP contribution is 2.25. The van der Waals surface area contributed by atoms with Crippen LogP contribution in [0.15, 0.2) is 90.7 Å². The van der Waals surface area contributed by atoms with E-state index in [1.807, 2.05) is 0 Å². The Labute approximate surface area is 379 Å². The summed E-state index contributed by atoms with van der Waals surface area (Å²) in [5.41, 5.74) is 3.87. The van der Waals surface area contributed by atoms with Crippen LogP contribution in [0.3, 0.4) is 0 Å². The van der Waals surface area contributed by atoms with Crippen molar-refractivity contribution < 1.29 is 52.8 Å². The van der Waals surface area contributed by atoms with Gasteiger partial charge in [0.25, 0.3) is 5.91 Å². The largest absolute Gasteiger partial charge is 0.494 e. The van der Waals surface area contributed by atoms with E-state index in [0.717, 1.165) is 0 Å². The number of cyclic esters (lactones) is 1. The zero-order valence-corrected chi connectivity index (χ0v) is 37.9. The first-order valence-electron chi connectivity index (χ1n) is 22.0. The molecule has 0 saturated carbocycles. The Morgan fingerprint density at radius 2 is 1.85 bits per heavy atom. The SMILES string of the molecule is CCOc1cc(F)cc(C[C@@H]2NC(=O)[C@H](C(C)C)NC(=O)[C@H](CCC(C)=O)[C@H](O)[C@@H](C)[C@@H](O)/C=C/C=C/C[C@@H](/C(C)=C/C=C/C(=O)Nc3ccccn3)OC(=O)C3CCCN(N3)C2=O)c1. The fraction of sp³-hybridized carbons (Fsp3) is 0.479. The molecule has 6 N–H and O–H groups in total. The summed E-state index contributed by atoms with van der Waals surface area (Å²) in [6.45, 7) is 10.1. The Kier molecular flexibility index (Phi) is 20.2. The molecule has 1 fully saturated rings. The lowest BCUT2D eigenvalue weighted by molar-refractivity contribution is -0.156. The number of allylic oxidation sites excluding steroid dienone is 4. The Morgan fingerprint density at radius 1 is 1.08 bits per heavy atom. The van der Waals surface area contributed by atoms with Gasteiger partial charge in [-0.25, -0.2) is 14.8 Å². The van der Waals surface area contributed by atoms with Crippen molar-refractivity contribution in [2.45, 2.75) is 117 Å². The third kappa shape index (κ3) is 16.2. The van der Waals surface area contributed by atoms with E-state index < -0.39 is 89.6 Å². The predicted octanol–water partition coefficient (Wildman–Crippen LogP) is 4.20. The number of rotatable bonds is 12. The third-order valence-corrected chi connectivity index (χ3v) is 11.1. The van der Waals surface area contributed by atoms with Crippen molar-refractivity contribution in [2.75, 3.05) is 18.5 Å². The number of aliphatic hydroxyl groups is 2. The van der Waals surface area contributed by atoms with Crippen LogP contribution >= 0.6 is 0 Å². The number of hydrazine groups is 1. The van der Waals surface area contributed by atoms with E-state index in [1.54, 1.807) is 89.4 Å². The zero-order chi connectivity index (χ0) is 47.6. The number of anilines is 1. The number of aromatic nitrogens is 1. The molecule has 16 nitrogen and oxygen atoms in total. The van der Waals surface area contributed by atoms with Crippen LogP contribution in [0.2, 0.25) is 0 Å². The van der Waals surface area contributed by atoms with E-state index in [2.05, 4.69) is 26.4 Å². The van der Waals surface area contributed by atoms with Gasteiger partial charge < -0.3 is 40.4 Å². The third-order valence-electron chi connectivity index (χ3n) is 11.1. The molecule has 1 aromatic heterocycles. The van der Waals surface area contributed by atoms with E-state index in [-0.39, 0.29) is 50.4 Å². The Hall–Kier alpha value is -6.04. The first kappa shape index (κ1) is 51.6. The summed E-state index contributed by atoms with van der Waals surface area (Å²) in [4.78, 5) is 85.3. The van der Waals surface area contributed by atoms with Gasteiger partial charge >= 0.3 is 5.97 Å². The van der Waals surface area contributed by atoms with E-state index in [0.29, 0.717) is 29.8 Å². The van der Waals surface area contributed by atoms with E-state index in [4.69, 9.17) is 9.47 Å². The summed E-state index contributed by atoms with van der Waals surface area (Å²) >= 11 is 0. The number of Topliss-reactive ketones (excluding diaryl/α,β-unsaturated/α-hetero) is 1. The van der Waals surface area contributed by atoms with Gasteiger partial charge in [0.1, 0.15) is 47.4 Å². The predicted molar refractivity (Wildman–Crippen MR) is 241 cm³/mol. The van der Waals surface area contributed by atoms with E-state index in [1.165, 1.54) is 42.3 Å². The van der Waals surface area contributed by atoms with Crippen LogP contribution in [0, 0.1) is 23.6 Å². The molecule has 352 valence electrons. The average molecular weight is 903 g/mol. The smallest absolute Gasteiger partial charge is 0.325 e. The molecule has 4 rings (SSSR count). The van der Waals surface area contributed by atoms with Gasteiger partial charge in [-0.05, 0) is 81.4 Å². The first-order valence-corrected chi connectivity index (χ1v) is 22.0. The van der Waals surface area contributed by atoms with Gasteiger partial charge in [0.15, 0.2) is 0 Å². The summed E-state index contributed by atoms with van der Waals surface area (Å²) < 4.78 is 26.4. The molecule has 2 bridgehead atoms. The lowest BCUT2D eigenvalue weighted by atomic mass is 9.84. The van der Waals surface area contributed by atoms with Crippen LogP contribution in [0.4, 0.5) is 10.2 Å². The highest BCUT2D eigenvalue weighted by molar-refractivity contribution is 5.98. The second-order valence-corrected chi connectivity index (χ2v) is 16.7. The van der Waals surface area contributed by atoms with Gasteiger partial charge in [0.2, 0.25) is 17.7 Å². The zero-order valence-electron chi connectivity index (χ0n) is 37.9. The topological polar surface area (TPSA) is 226 Å². The number of benzene rings is 1. The number of carbonyl (C=O) groups is 6. The molecule has 17 heteroatoms. The molecule has 0 aliphatic carbocycles. The minimum absolute atomic E-state index is 0.0549. The maximum atomic E-state index is 14.9. The van der Waals surface area contributed by atoms with Crippen molar-refractivity contribution in [2.24, 2.45) is 17.8 Å². The molecule has 65 heavy (non-hydrogen) atoms. The van der Waals surface area contributed by atoms with Gasteiger partial charge in [0, 0.05) is 50.1 Å². The Balaban J connectivity index is 1.73. The van der Waals surface area contributed by atoms with Gasteiger partial charge in [-0.1, -0.05) is 63.3 Å². The number of esters is 1. The van der Waals surface area contributed by atoms with Gasteiger partial charge in [-0.3, -0.25) is 29.0 Å². The molecule has 3 heterocycles. The molecule has 2 aliphatic heterocycles. The number of hydrogen-bond donors (Lipinski definition) is 6. The van der Waals surface area contributed by atoms with Crippen molar-refractivity contribution in [3.8, 4) is 5.75 Å². The van der Waals surface area contributed by atoms with Crippen LogP contribution in [0.5, 0.6) is 5.75 Å². The number of ketones is 1. The van der Waals surface area contributed by atoms with Crippen LogP contribution in [0.25, 0.3) is 0 Å². The van der Waals surface area contributed by atoms with Crippen molar-refractivity contribution in [1.82, 2.24) is 26.1 Å². The second-order valence-electron chi connectivity index (χ2n) is 16.7. The number of ether oxygens (including phenoxy) is 2. The second kappa shape index (κ2) is 25.4. The lowest BCUT2D eigenvalue weighted by Gasteiger charge is -2.36. The molecule has 0 radical (unpaired) electrons. The summed E-state index contributed by atoms with van der Waals surface area (Å²) in [6.07, 6.45) is 9.24. The van der Waals surface area contributed by atoms with Crippen molar-refractivity contribution in [3.05, 3.63) is 102 Å². The van der Waals surface area contributed by atoms with Gasteiger partial charge in [-0.2, -0.15) is 0 Å². The normalized spacial score (nSPS) is 26.6. The summed E-state index contributed by atoms with van der Waals surface area (Å²) in [7, 11) is 0. The molecule has 1 saturated heterocycles. The number of nitrogens with zero attached hydrogens (tertiary/aromatic N) is 2. The number of hydrogen-bond acceptors (Lipinski definition) is 12. The summed E-state index contributed by atoms with van der Waals surface area (Å²) in [6, 6.07) is 5.49. The summed E-state index contributed by atoms with van der Waals surface area (Å²) in [5.74, 6) is -6.17. The average Bonchev–Trinajstić information content (AvgIpc) is 3.26. The molecule has 4 amide bonds. The molecular formula is C48H63FN6O10. The van der Waals surface area contributed by atoms with Gasteiger partial charge in [-0.15, -0.1) is 0 Å². The highest BCUT2D eigenvalue weighted by atomic mass is 19.1. The van der Waals surface area contributed by atoms with Gasteiger partial charge in [0.05, 0.1) is 24.7 Å². The molecule has 1 unspecified atom stereocenters. The Morgan fingerprint density at radius 3 is 2.54 bits per heavy atom. The molecule has 2 aliphatic rings. The van der Waals surface area contributed by atoms with Crippen LogP contribution in [-0.2, 0) is 39.9 Å². The van der Waals surface area contributed by atoms with Crippen LogP contribution < -0.4 is 26.1 Å². The number of amides is 4. The maximum Gasteiger partial charge on any atom is 0.325 e. The monoisotopic (exact) mass is 902 g/mol. The lowest BCUT2D eigenvalue weighted by Crippen LogP contribution is -2.62. The maximum absolute atomic E-state index is 14.9. The quantitative estimate of drug-likeness (QED) is 0.100. The molecule has 8 atom stereocenters. The molecule has 1 aromatic carbocycles. The number of carbonyl (C=O) groups excluding carboxylic acids is 6. The number of pyridine rings is 1.